The second-order valence-corrected chi connectivity index (χ2v) is 6.50. The monoisotopic (exact) mass is 393 g/mol. The minimum atomic E-state index is -0.412. The number of hydrogen-bond donors (Lipinski definition) is 2. The van der Waals surface area contributed by atoms with E-state index in [4.69, 9.17) is 15.2 Å². The number of nitrogen functional groups attached to an aromatic ring is 1. The highest BCUT2D eigenvalue weighted by molar-refractivity contribution is 5.69. The molecule has 3 rings (SSSR count). The van der Waals surface area contributed by atoms with Crippen LogP contribution < -0.4 is 15.8 Å². The molecule has 0 spiro atoms. The number of carbonyl (C=O) groups is 1. The Balaban J connectivity index is 1.49. The molecule has 0 fully saturated rings. The van der Waals surface area contributed by atoms with Crippen LogP contribution in [0.25, 0.3) is 0 Å². The molecule has 0 saturated heterocycles. The molecule has 0 amide bonds. The molecule has 8 heteroatoms. The number of rotatable bonds is 8. The predicted molar refractivity (Wildman–Crippen MR) is 110 cm³/mol. The molecule has 1 aromatic heterocycles. The van der Waals surface area contributed by atoms with Crippen molar-refractivity contribution in [2.45, 2.75) is 26.9 Å². The van der Waals surface area contributed by atoms with Gasteiger partial charge in [0.25, 0.3) is 0 Å². The van der Waals surface area contributed by atoms with Gasteiger partial charge >= 0.3 is 5.97 Å². The number of anilines is 3. The zero-order valence-electron chi connectivity index (χ0n) is 16.4. The van der Waals surface area contributed by atoms with Gasteiger partial charge in [0.1, 0.15) is 5.75 Å². The van der Waals surface area contributed by atoms with E-state index in [9.17, 15) is 4.79 Å². The number of aromatic nitrogens is 3. The maximum absolute atomic E-state index is 11.9. The fourth-order valence-electron chi connectivity index (χ4n) is 2.50. The standard InChI is InChI=1S/C21H23N5O3/c1-14-6-8-16(9-7-14)23-21-25-18(24-20(22)26-21)13-29-19(27)10-11-28-17-5-3-4-15(2)12-17/h3-9,12H,10-11,13H2,1-2H3,(H3,22,23,24,25,26). The van der Waals surface area contributed by atoms with E-state index < -0.39 is 5.97 Å². The van der Waals surface area contributed by atoms with Crippen LogP contribution in [0.1, 0.15) is 23.4 Å². The molecular weight excluding hydrogens is 370 g/mol. The first-order valence-corrected chi connectivity index (χ1v) is 9.17. The molecular formula is C21H23N5O3. The van der Waals surface area contributed by atoms with Crippen molar-refractivity contribution in [2.75, 3.05) is 17.7 Å². The number of aryl methyl sites for hydroxylation is 2. The maximum atomic E-state index is 11.9. The number of benzene rings is 2. The fourth-order valence-corrected chi connectivity index (χ4v) is 2.50. The molecule has 0 saturated carbocycles. The van der Waals surface area contributed by atoms with E-state index in [1.165, 1.54) is 0 Å². The van der Waals surface area contributed by atoms with Gasteiger partial charge in [0.15, 0.2) is 12.4 Å². The highest BCUT2D eigenvalue weighted by Crippen LogP contribution is 2.15. The Morgan fingerprint density at radius 3 is 2.59 bits per heavy atom. The van der Waals surface area contributed by atoms with E-state index in [0.29, 0.717) is 0 Å². The second kappa shape index (κ2) is 9.50. The Morgan fingerprint density at radius 1 is 1.03 bits per heavy atom. The van der Waals surface area contributed by atoms with Crippen LogP contribution >= 0.6 is 0 Å². The third-order valence-electron chi connectivity index (χ3n) is 3.93. The summed E-state index contributed by atoms with van der Waals surface area (Å²) in [4.78, 5) is 24.2. The minimum absolute atomic E-state index is 0.0449. The summed E-state index contributed by atoms with van der Waals surface area (Å²) in [6.07, 6.45) is 0.114. The van der Waals surface area contributed by atoms with Gasteiger partial charge in [0.2, 0.25) is 11.9 Å². The molecule has 0 atom stereocenters. The lowest BCUT2D eigenvalue weighted by Gasteiger charge is -2.09. The molecule has 29 heavy (non-hydrogen) atoms. The van der Waals surface area contributed by atoms with Gasteiger partial charge in [-0.25, -0.2) is 0 Å². The lowest BCUT2D eigenvalue weighted by Crippen LogP contribution is -2.13. The second-order valence-electron chi connectivity index (χ2n) is 6.50. The van der Waals surface area contributed by atoms with Crippen LogP contribution in [-0.4, -0.2) is 27.5 Å². The van der Waals surface area contributed by atoms with Gasteiger partial charge in [-0.1, -0.05) is 29.8 Å². The van der Waals surface area contributed by atoms with Crippen LogP contribution in [0.2, 0.25) is 0 Å². The van der Waals surface area contributed by atoms with Crippen molar-refractivity contribution in [3.05, 3.63) is 65.5 Å². The van der Waals surface area contributed by atoms with E-state index in [2.05, 4.69) is 20.3 Å². The van der Waals surface area contributed by atoms with Gasteiger partial charge in [-0.15, -0.1) is 0 Å². The van der Waals surface area contributed by atoms with Crippen LogP contribution in [0.3, 0.4) is 0 Å². The van der Waals surface area contributed by atoms with Crippen molar-refractivity contribution in [2.24, 2.45) is 0 Å². The Labute approximate surface area is 169 Å². The van der Waals surface area contributed by atoms with Crippen LogP contribution in [-0.2, 0) is 16.1 Å². The first-order chi connectivity index (χ1) is 14.0. The summed E-state index contributed by atoms with van der Waals surface area (Å²) >= 11 is 0. The first-order valence-electron chi connectivity index (χ1n) is 9.17. The highest BCUT2D eigenvalue weighted by atomic mass is 16.5. The molecule has 0 aliphatic carbocycles. The topological polar surface area (TPSA) is 112 Å². The molecule has 0 unspecified atom stereocenters. The minimum Gasteiger partial charge on any atom is -0.493 e. The number of nitrogens with two attached hydrogens (primary N) is 1. The number of ether oxygens (including phenoxy) is 2. The maximum Gasteiger partial charge on any atom is 0.309 e. The van der Waals surface area contributed by atoms with Crippen molar-refractivity contribution in [1.29, 1.82) is 0 Å². The molecule has 2 aromatic carbocycles. The van der Waals surface area contributed by atoms with Gasteiger partial charge in [-0.3, -0.25) is 4.79 Å². The molecule has 0 radical (unpaired) electrons. The summed E-state index contributed by atoms with van der Waals surface area (Å²) in [5.41, 5.74) is 8.79. The van der Waals surface area contributed by atoms with Crippen molar-refractivity contribution in [3.63, 3.8) is 0 Å². The van der Waals surface area contributed by atoms with Crippen molar-refractivity contribution >= 4 is 23.6 Å². The smallest absolute Gasteiger partial charge is 0.309 e. The van der Waals surface area contributed by atoms with Gasteiger partial charge in [0, 0.05) is 5.69 Å². The van der Waals surface area contributed by atoms with E-state index >= 15 is 0 Å². The van der Waals surface area contributed by atoms with E-state index in [1.807, 2.05) is 62.4 Å². The first kappa shape index (κ1) is 20.1. The number of esters is 1. The molecule has 0 bridgehead atoms. The van der Waals surface area contributed by atoms with Crippen molar-refractivity contribution < 1.29 is 14.3 Å². The SMILES string of the molecule is Cc1ccc(Nc2nc(N)nc(COC(=O)CCOc3cccc(C)c3)n2)cc1. The third kappa shape index (κ3) is 6.46. The normalized spacial score (nSPS) is 10.4. The fraction of sp³-hybridized carbons (Fsp3) is 0.238. The Hall–Kier alpha value is -3.68. The molecule has 150 valence electrons. The number of nitrogens with zero attached hydrogens (tertiary/aromatic N) is 3. The summed E-state index contributed by atoms with van der Waals surface area (Å²) in [5.74, 6) is 0.901. The van der Waals surface area contributed by atoms with E-state index in [-0.39, 0.29) is 37.4 Å². The van der Waals surface area contributed by atoms with Crippen molar-refractivity contribution in [3.8, 4) is 5.75 Å². The lowest BCUT2D eigenvalue weighted by molar-refractivity contribution is -0.145. The number of nitrogens with one attached hydrogen (secondary N) is 1. The number of carbonyl (C=O) groups excluding carboxylic acids is 1. The summed E-state index contributed by atoms with van der Waals surface area (Å²) in [6.45, 7) is 4.10. The predicted octanol–water partition coefficient (Wildman–Crippen LogP) is 3.33. The average molecular weight is 393 g/mol. The largest absolute Gasteiger partial charge is 0.493 e. The average Bonchev–Trinajstić information content (AvgIpc) is 2.68. The van der Waals surface area contributed by atoms with Gasteiger partial charge in [0.05, 0.1) is 13.0 Å². The van der Waals surface area contributed by atoms with Crippen LogP contribution in [0.15, 0.2) is 48.5 Å². The molecule has 3 aromatic rings. The zero-order valence-corrected chi connectivity index (χ0v) is 16.4. The number of hydrogen-bond acceptors (Lipinski definition) is 8. The molecule has 8 nitrogen and oxygen atoms in total. The summed E-state index contributed by atoms with van der Waals surface area (Å²) in [7, 11) is 0. The zero-order chi connectivity index (χ0) is 20.6. The Bertz CT molecular complexity index is 976. The van der Waals surface area contributed by atoms with Crippen LogP contribution in [0.5, 0.6) is 5.75 Å². The molecule has 0 aliphatic rings. The van der Waals surface area contributed by atoms with Gasteiger partial charge in [-0.2, -0.15) is 15.0 Å². The van der Waals surface area contributed by atoms with Crippen LogP contribution in [0, 0.1) is 13.8 Å². The lowest BCUT2D eigenvalue weighted by atomic mass is 10.2. The van der Waals surface area contributed by atoms with E-state index in [1.54, 1.807) is 0 Å². The highest BCUT2D eigenvalue weighted by Gasteiger charge is 2.09. The van der Waals surface area contributed by atoms with E-state index in [0.717, 1.165) is 22.6 Å². The third-order valence-corrected chi connectivity index (χ3v) is 3.93. The van der Waals surface area contributed by atoms with Crippen LogP contribution in [0.4, 0.5) is 17.6 Å². The van der Waals surface area contributed by atoms with Crippen molar-refractivity contribution in [1.82, 2.24) is 15.0 Å². The molecule has 0 aliphatic heterocycles. The summed E-state index contributed by atoms with van der Waals surface area (Å²) in [5, 5.41) is 3.05. The van der Waals surface area contributed by atoms with Gasteiger partial charge < -0.3 is 20.5 Å². The Kier molecular flexibility index (Phi) is 6.57. The summed E-state index contributed by atoms with van der Waals surface area (Å²) in [6, 6.07) is 15.4. The molecule has 3 N–H and O–H groups in total. The quantitative estimate of drug-likeness (QED) is 0.561. The summed E-state index contributed by atoms with van der Waals surface area (Å²) < 4.78 is 10.8. The molecule has 1 heterocycles. The Morgan fingerprint density at radius 2 is 1.83 bits per heavy atom. The van der Waals surface area contributed by atoms with Gasteiger partial charge in [-0.05, 0) is 43.7 Å².